The van der Waals surface area contributed by atoms with E-state index in [0.29, 0.717) is 33.6 Å². The Morgan fingerprint density at radius 2 is 0.674 bits per heavy atom. The molecule has 0 bridgehead atoms. The van der Waals surface area contributed by atoms with E-state index in [0.717, 1.165) is 11.1 Å². The lowest BCUT2D eigenvalue weighted by atomic mass is 10.1. The molecule has 2 atom stereocenters. The molecule has 0 spiro atoms. The maximum atomic E-state index is 12.8. The van der Waals surface area contributed by atoms with Crippen molar-refractivity contribution in [1.82, 2.24) is 10.6 Å². The lowest BCUT2D eigenvalue weighted by Crippen LogP contribution is -2.26. The highest BCUT2D eigenvalue weighted by Gasteiger charge is 2.14. The van der Waals surface area contributed by atoms with E-state index >= 15 is 0 Å². The van der Waals surface area contributed by atoms with Crippen LogP contribution in [0.1, 0.15) is 78.5 Å². The Balaban J connectivity index is 1.11. The summed E-state index contributed by atoms with van der Waals surface area (Å²) in [6, 6.07) is 38.6. The maximum absolute atomic E-state index is 12.8. The zero-order valence-electron chi connectivity index (χ0n) is 25.5. The van der Waals surface area contributed by atoms with Gasteiger partial charge < -0.3 is 21.3 Å². The first-order chi connectivity index (χ1) is 22.3. The third kappa shape index (κ3) is 8.12. The summed E-state index contributed by atoms with van der Waals surface area (Å²) >= 11 is 0. The van der Waals surface area contributed by atoms with Gasteiger partial charge in [0.05, 0.1) is 12.1 Å². The van der Waals surface area contributed by atoms with Gasteiger partial charge in [-0.2, -0.15) is 0 Å². The minimum absolute atomic E-state index is 0.147. The van der Waals surface area contributed by atoms with Crippen molar-refractivity contribution in [1.29, 1.82) is 0 Å². The Morgan fingerprint density at radius 1 is 0.391 bits per heavy atom. The zero-order chi connectivity index (χ0) is 32.5. The summed E-state index contributed by atoms with van der Waals surface area (Å²) in [4.78, 5) is 51.0. The first kappa shape index (κ1) is 31.4. The van der Waals surface area contributed by atoms with E-state index < -0.39 is 0 Å². The lowest BCUT2D eigenvalue weighted by Gasteiger charge is -2.14. The average molecular weight is 611 g/mol. The zero-order valence-corrected chi connectivity index (χ0v) is 25.5. The number of benzene rings is 5. The highest BCUT2D eigenvalue weighted by molar-refractivity contribution is 6.07. The predicted molar refractivity (Wildman–Crippen MR) is 180 cm³/mol. The molecule has 4 amide bonds. The van der Waals surface area contributed by atoms with Crippen molar-refractivity contribution < 1.29 is 19.2 Å². The first-order valence-electron chi connectivity index (χ1n) is 14.9. The lowest BCUT2D eigenvalue weighted by molar-refractivity contribution is 0.0931. The molecule has 0 saturated carbocycles. The van der Waals surface area contributed by atoms with Crippen molar-refractivity contribution in [3.63, 3.8) is 0 Å². The molecule has 8 heteroatoms. The van der Waals surface area contributed by atoms with Crippen LogP contribution in [0.5, 0.6) is 0 Å². The van der Waals surface area contributed by atoms with E-state index in [-0.39, 0.29) is 35.7 Å². The molecule has 0 fully saturated rings. The maximum Gasteiger partial charge on any atom is 0.255 e. The highest BCUT2D eigenvalue weighted by Crippen LogP contribution is 2.17. The summed E-state index contributed by atoms with van der Waals surface area (Å²) in [5.74, 6) is -1.12. The van der Waals surface area contributed by atoms with E-state index in [9.17, 15) is 19.2 Å². The molecule has 0 heterocycles. The van der Waals surface area contributed by atoms with Gasteiger partial charge in [0, 0.05) is 33.6 Å². The van der Waals surface area contributed by atoms with Gasteiger partial charge in [-0.15, -0.1) is 0 Å². The number of anilines is 2. The summed E-state index contributed by atoms with van der Waals surface area (Å²) in [6.45, 7) is 3.84. The molecule has 8 nitrogen and oxygen atoms in total. The summed E-state index contributed by atoms with van der Waals surface area (Å²) in [7, 11) is 0. The van der Waals surface area contributed by atoms with Crippen LogP contribution in [-0.4, -0.2) is 23.6 Å². The number of nitrogens with one attached hydrogen (secondary N) is 4. The van der Waals surface area contributed by atoms with E-state index in [1.165, 1.54) is 0 Å². The summed E-state index contributed by atoms with van der Waals surface area (Å²) in [5.41, 5.74) is 4.78. The van der Waals surface area contributed by atoms with E-state index in [2.05, 4.69) is 21.3 Å². The van der Waals surface area contributed by atoms with Gasteiger partial charge in [-0.1, -0.05) is 60.7 Å². The second kappa shape index (κ2) is 14.6. The van der Waals surface area contributed by atoms with Crippen LogP contribution in [0.15, 0.2) is 133 Å². The molecule has 5 rings (SSSR count). The van der Waals surface area contributed by atoms with Crippen LogP contribution < -0.4 is 21.3 Å². The largest absolute Gasteiger partial charge is 0.346 e. The van der Waals surface area contributed by atoms with Crippen molar-refractivity contribution in [2.45, 2.75) is 25.9 Å². The van der Waals surface area contributed by atoms with E-state index in [1.54, 1.807) is 72.8 Å². The Hall–Kier alpha value is -6.02. The number of rotatable bonds is 10. The average Bonchev–Trinajstić information content (AvgIpc) is 3.09. The fraction of sp³-hybridized carbons (Fsp3) is 0.105. The van der Waals surface area contributed by atoms with Crippen molar-refractivity contribution in [2.75, 3.05) is 10.6 Å². The SMILES string of the molecule is CC(NC(=O)c1ccc(NC(=O)c2ccc(C(=O)Nc3ccc(C(=O)NC(C)c4ccccc4)cc3)cc2)cc1)c1ccccc1. The second-order valence-corrected chi connectivity index (χ2v) is 10.9. The topological polar surface area (TPSA) is 116 Å². The molecule has 0 radical (unpaired) electrons. The van der Waals surface area contributed by atoms with Crippen LogP contribution in [-0.2, 0) is 0 Å². The van der Waals surface area contributed by atoms with E-state index in [4.69, 9.17) is 0 Å². The Morgan fingerprint density at radius 3 is 1.00 bits per heavy atom. The van der Waals surface area contributed by atoms with Crippen molar-refractivity contribution in [2.24, 2.45) is 0 Å². The molecule has 0 aliphatic rings. The smallest absolute Gasteiger partial charge is 0.255 e. The molecule has 230 valence electrons. The van der Waals surface area contributed by atoms with Crippen LogP contribution in [0.4, 0.5) is 11.4 Å². The molecule has 46 heavy (non-hydrogen) atoms. The molecule has 0 saturated heterocycles. The van der Waals surface area contributed by atoms with Crippen molar-refractivity contribution in [3.05, 3.63) is 167 Å². The third-order valence-corrected chi connectivity index (χ3v) is 7.51. The monoisotopic (exact) mass is 610 g/mol. The summed E-state index contributed by atoms with van der Waals surface area (Å²) < 4.78 is 0. The van der Waals surface area contributed by atoms with E-state index in [1.807, 2.05) is 74.5 Å². The van der Waals surface area contributed by atoms with Crippen LogP contribution in [0, 0.1) is 0 Å². The van der Waals surface area contributed by atoms with Crippen LogP contribution in [0.25, 0.3) is 0 Å². The first-order valence-corrected chi connectivity index (χ1v) is 14.9. The summed E-state index contributed by atoms with van der Waals surface area (Å²) in [5, 5.41) is 11.6. The van der Waals surface area contributed by atoms with Crippen molar-refractivity contribution in [3.8, 4) is 0 Å². The quantitative estimate of drug-likeness (QED) is 0.134. The number of carbonyl (C=O) groups excluding carboxylic acids is 4. The van der Waals surface area contributed by atoms with Gasteiger partial charge in [-0.3, -0.25) is 19.2 Å². The standard InChI is InChI=1S/C38H34N4O4/c1-25(27-9-5-3-6-10-27)39-35(43)31-17-21-33(22-18-31)41-37(45)29-13-15-30(16-14-29)38(46)42-34-23-19-32(20-24-34)36(44)40-26(2)28-11-7-4-8-12-28/h3-26H,1-2H3,(H,39,43)(H,40,44)(H,41,45)(H,42,46). The van der Waals surface area contributed by atoms with Crippen LogP contribution in [0.2, 0.25) is 0 Å². The van der Waals surface area contributed by atoms with Gasteiger partial charge in [-0.25, -0.2) is 0 Å². The van der Waals surface area contributed by atoms with Gasteiger partial charge in [-0.05, 0) is 97.8 Å². The molecular weight excluding hydrogens is 576 g/mol. The third-order valence-electron chi connectivity index (χ3n) is 7.51. The predicted octanol–water partition coefficient (Wildman–Crippen LogP) is 7.17. The number of hydrogen-bond acceptors (Lipinski definition) is 4. The molecule has 5 aromatic rings. The second-order valence-electron chi connectivity index (χ2n) is 10.9. The normalized spacial score (nSPS) is 11.9. The molecule has 4 N–H and O–H groups in total. The van der Waals surface area contributed by atoms with Gasteiger partial charge in [0.15, 0.2) is 0 Å². The van der Waals surface area contributed by atoms with Crippen LogP contribution >= 0.6 is 0 Å². The van der Waals surface area contributed by atoms with Gasteiger partial charge in [0.2, 0.25) is 0 Å². The molecule has 5 aromatic carbocycles. The van der Waals surface area contributed by atoms with Crippen LogP contribution in [0.3, 0.4) is 0 Å². The van der Waals surface area contributed by atoms with Crippen molar-refractivity contribution >= 4 is 35.0 Å². The highest BCUT2D eigenvalue weighted by atomic mass is 16.2. The fourth-order valence-electron chi connectivity index (χ4n) is 4.80. The Bertz CT molecular complexity index is 1670. The number of carbonyl (C=O) groups is 4. The number of hydrogen-bond donors (Lipinski definition) is 4. The minimum atomic E-state index is -0.350. The molecule has 2 unspecified atom stereocenters. The Kier molecular flexibility index (Phi) is 9.99. The number of amides is 4. The van der Waals surface area contributed by atoms with Gasteiger partial charge in [0.25, 0.3) is 23.6 Å². The Labute approximate surface area is 267 Å². The summed E-state index contributed by atoms with van der Waals surface area (Å²) in [6.07, 6.45) is 0. The molecule has 0 aromatic heterocycles. The molecule has 0 aliphatic carbocycles. The van der Waals surface area contributed by atoms with Gasteiger partial charge >= 0.3 is 0 Å². The molecular formula is C38H34N4O4. The van der Waals surface area contributed by atoms with Gasteiger partial charge in [0.1, 0.15) is 0 Å². The fourth-order valence-corrected chi connectivity index (χ4v) is 4.80. The molecule has 0 aliphatic heterocycles. The minimum Gasteiger partial charge on any atom is -0.346 e.